The summed E-state index contributed by atoms with van der Waals surface area (Å²) in [5.74, 6) is 0.253. The second kappa shape index (κ2) is 7.42. The molecule has 1 spiro atoms. The van der Waals surface area contributed by atoms with Crippen molar-refractivity contribution in [1.82, 2.24) is 4.90 Å². The minimum absolute atomic E-state index is 0.0249. The molecule has 1 N–H and O–H groups in total. The minimum atomic E-state index is -0.0249. The van der Waals surface area contributed by atoms with Crippen LogP contribution in [0.25, 0.3) is 0 Å². The molecule has 4 heteroatoms. The lowest BCUT2D eigenvalue weighted by atomic mass is 9.63. The first-order valence-corrected chi connectivity index (χ1v) is 9.91. The second-order valence-electron chi connectivity index (χ2n) is 9.39. The van der Waals surface area contributed by atoms with E-state index in [1.54, 1.807) is 0 Å². The zero-order valence-electron chi connectivity index (χ0n) is 16.4. The van der Waals surface area contributed by atoms with Crippen LogP contribution in [0.2, 0.25) is 0 Å². The number of piperidine rings is 1. The van der Waals surface area contributed by atoms with Gasteiger partial charge in [0, 0.05) is 25.2 Å². The van der Waals surface area contributed by atoms with E-state index in [9.17, 15) is 9.59 Å². The van der Waals surface area contributed by atoms with Crippen molar-refractivity contribution in [1.29, 1.82) is 0 Å². The van der Waals surface area contributed by atoms with E-state index in [0.29, 0.717) is 18.3 Å². The molecule has 0 bridgehead atoms. The monoisotopic (exact) mass is 356 g/mol. The van der Waals surface area contributed by atoms with Crippen LogP contribution in [0.1, 0.15) is 64.9 Å². The molecule has 0 radical (unpaired) electrons. The van der Waals surface area contributed by atoms with Crippen molar-refractivity contribution in [2.75, 3.05) is 18.4 Å². The predicted octanol–water partition coefficient (Wildman–Crippen LogP) is 4.40. The Hall–Kier alpha value is -1.84. The molecule has 26 heavy (non-hydrogen) atoms. The summed E-state index contributed by atoms with van der Waals surface area (Å²) in [6, 6.07) is 7.68. The minimum Gasteiger partial charge on any atom is -0.342 e. The van der Waals surface area contributed by atoms with Crippen LogP contribution in [0.5, 0.6) is 0 Å². The number of carbonyl (C=O) groups excluding carboxylic acids is 2. The fraction of sp³-hybridized carbons (Fsp3) is 0.636. The maximum atomic E-state index is 12.6. The van der Waals surface area contributed by atoms with Crippen molar-refractivity contribution in [3.05, 3.63) is 29.8 Å². The first-order chi connectivity index (χ1) is 12.2. The van der Waals surface area contributed by atoms with Gasteiger partial charge in [-0.15, -0.1) is 0 Å². The van der Waals surface area contributed by atoms with Gasteiger partial charge in [-0.25, -0.2) is 0 Å². The lowest BCUT2D eigenvalue weighted by molar-refractivity contribution is -0.133. The fourth-order valence-corrected chi connectivity index (χ4v) is 4.09. The molecule has 3 rings (SSSR count). The van der Waals surface area contributed by atoms with E-state index in [-0.39, 0.29) is 17.2 Å². The third-order valence-corrected chi connectivity index (χ3v) is 5.87. The third kappa shape index (κ3) is 4.87. The van der Waals surface area contributed by atoms with E-state index in [4.69, 9.17) is 0 Å². The highest BCUT2D eigenvalue weighted by Gasteiger charge is 2.40. The van der Waals surface area contributed by atoms with Gasteiger partial charge in [-0.3, -0.25) is 9.59 Å². The van der Waals surface area contributed by atoms with Gasteiger partial charge in [0.05, 0.1) is 6.42 Å². The standard InChI is InChI=1S/C22H32N2O2/c1-21(2,3)16-19(25)23-18-7-5-17(6-8-18)15-20(26)24-13-11-22(12-14-24)9-4-10-22/h5-8H,4,9-16H2,1-3H3,(H,23,25). The second-order valence-corrected chi connectivity index (χ2v) is 9.39. The molecule has 1 aromatic carbocycles. The largest absolute Gasteiger partial charge is 0.342 e. The van der Waals surface area contributed by atoms with E-state index in [0.717, 1.165) is 24.3 Å². The number of carbonyl (C=O) groups is 2. The zero-order valence-corrected chi connectivity index (χ0v) is 16.4. The smallest absolute Gasteiger partial charge is 0.226 e. The summed E-state index contributed by atoms with van der Waals surface area (Å²) in [6.07, 6.45) is 7.38. The highest BCUT2D eigenvalue weighted by molar-refractivity contribution is 5.91. The highest BCUT2D eigenvalue weighted by atomic mass is 16.2. The summed E-state index contributed by atoms with van der Waals surface area (Å²) in [4.78, 5) is 26.6. The molecule has 0 aromatic heterocycles. The SMILES string of the molecule is CC(C)(C)CC(=O)Nc1ccc(CC(=O)N2CCC3(CCC3)CC2)cc1. The number of hydrogen-bond acceptors (Lipinski definition) is 2. The van der Waals surface area contributed by atoms with Crippen LogP contribution in [-0.4, -0.2) is 29.8 Å². The maximum absolute atomic E-state index is 12.6. The average Bonchev–Trinajstić information content (AvgIpc) is 2.53. The molecule has 1 saturated heterocycles. The molecular formula is C22H32N2O2. The van der Waals surface area contributed by atoms with E-state index in [1.807, 2.05) is 29.2 Å². The lowest BCUT2D eigenvalue weighted by Crippen LogP contribution is -2.46. The molecule has 2 amide bonds. The molecule has 1 aliphatic carbocycles. The van der Waals surface area contributed by atoms with Crippen LogP contribution in [0, 0.1) is 10.8 Å². The summed E-state index contributed by atoms with van der Waals surface area (Å²) < 4.78 is 0. The molecule has 1 heterocycles. The lowest BCUT2D eigenvalue weighted by Gasteiger charge is -2.48. The summed E-state index contributed by atoms with van der Waals surface area (Å²) in [7, 11) is 0. The Morgan fingerprint density at radius 1 is 1.04 bits per heavy atom. The van der Waals surface area contributed by atoms with Crippen molar-refractivity contribution in [3.63, 3.8) is 0 Å². The van der Waals surface area contributed by atoms with Crippen LogP contribution in [-0.2, 0) is 16.0 Å². The number of likely N-dealkylation sites (tertiary alicyclic amines) is 1. The molecular weight excluding hydrogens is 324 g/mol. The van der Waals surface area contributed by atoms with Gasteiger partial charge in [0.15, 0.2) is 0 Å². The zero-order chi connectivity index (χ0) is 18.8. The number of anilines is 1. The van der Waals surface area contributed by atoms with Crippen molar-refractivity contribution in [2.45, 2.75) is 65.7 Å². The van der Waals surface area contributed by atoms with Crippen molar-refractivity contribution in [3.8, 4) is 0 Å². The predicted molar refractivity (Wildman–Crippen MR) is 105 cm³/mol. The van der Waals surface area contributed by atoms with E-state index >= 15 is 0 Å². The summed E-state index contributed by atoms with van der Waals surface area (Å²) in [5, 5.41) is 2.93. The van der Waals surface area contributed by atoms with Crippen LogP contribution in [0.15, 0.2) is 24.3 Å². The van der Waals surface area contributed by atoms with Crippen LogP contribution in [0.4, 0.5) is 5.69 Å². The Balaban J connectivity index is 1.48. The molecule has 4 nitrogen and oxygen atoms in total. The highest BCUT2D eigenvalue weighted by Crippen LogP contribution is 2.48. The van der Waals surface area contributed by atoms with Gasteiger partial charge in [-0.2, -0.15) is 0 Å². The van der Waals surface area contributed by atoms with Gasteiger partial charge in [0.1, 0.15) is 0 Å². The van der Waals surface area contributed by atoms with Crippen molar-refractivity contribution >= 4 is 17.5 Å². The molecule has 142 valence electrons. The van der Waals surface area contributed by atoms with Crippen LogP contribution < -0.4 is 5.32 Å². The quantitative estimate of drug-likeness (QED) is 0.869. The Morgan fingerprint density at radius 2 is 1.65 bits per heavy atom. The Labute approximate surface area is 157 Å². The molecule has 0 atom stereocenters. The van der Waals surface area contributed by atoms with E-state index in [1.165, 1.54) is 32.1 Å². The molecule has 1 aromatic rings. The van der Waals surface area contributed by atoms with Gasteiger partial charge in [0.2, 0.25) is 11.8 Å². The summed E-state index contributed by atoms with van der Waals surface area (Å²) >= 11 is 0. The number of benzene rings is 1. The van der Waals surface area contributed by atoms with Gasteiger partial charge >= 0.3 is 0 Å². The first-order valence-electron chi connectivity index (χ1n) is 9.91. The number of nitrogens with one attached hydrogen (secondary N) is 1. The molecule has 1 aliphatic heterocycles. The molecule has 2 fully saturated rings. The van der Waals surface area contributed by atoms with Gasteiger partial charge in [-0.1, -0.05) is 39.3 Å². The summed E-state index contributed by atoms with van der Waals surface area (Å²) in [5.41, 5.74) is 2.35. The van der Waals surface area contributed by atoms with E-state index in [2.05, 4.69) is 26.1 Å². The number of amides is 2. The van der Waals surface area contributed by atoms with Crippen molar-refractivity contribution < 1.29 is 9.59 Å². The van der Waals surface area contributed by atoms with Gasteiger partial charge in [0.25, 0.3) is 0 Å². The third-order valence-electron chi connectivity index (χ3n) is 5.87. The number of hydrogen-bond donors (Lipinski definition) is 1. The van der Waals surface area contributed by atoms with E-state index < -0.39 is 0 Å². The molecule has 2 aliphatic rings. The summed E-state index contributed by atoms with van der Waals surface area (Å²) in [6.45, 7) is 7.98. The normalized spacial score (nSPS) is 19.1. The first kappa shape index (κ1) is 18.9. The van der Waals surface area contributed by atoms with Gasteiger partial charge < -0.3 is 10.2 Å². The number of nitrogens with zero attached hydrogens (tertiary/aromatic N) is 1. The van der Waals surface area contributed by atoms with Crippen LogP contribution in [0.3, 0.4) is 0 Å². The maximum Gasteiger partial charge on any atom is 0.226 e. The Kier molecular flexibility index (Phi) is 5.40. The molecule has 1 saturated carbocycles. The Morgan fingerprint density at radius 3 is 2.15 bits per heavy atom. The number of rotatable bonds is 4. The Bertz CT molecular complexity index is 644. The van der Waals surface area contributed by atoms with Gasteiger partial charge in [-0.05, 0) is 54.2 Å². The molecule has 0 unspecified atom stereocenters. The van der Waals surface area contributed by atoms with Crippen LogP contribution >= 0.6 is 0 Å². The average molecular weight is 357 g/mol. The van der Waals surface area contributed by atoms with Crippen molar-refractivity contribution in [2.24, 2.45) is 10.8 Å². The topological polar surface area (TPSA) is 49.4 Å². The fourth-order valence-electron chi connectivity index (χ4n) is 4.09.